The fraction of sp³-hybridized carbons (Fsp3) is 0.786. The van der Waals surface area contributed by atoms with Crippen LogP contribution in [-0.2, 0) is 33.5 Å². The molecule has 0 saturated carbocycles. The van der Waals surface area contributed by atoms with E-state index in [0.29, 0.717) is 32.5 Å². The van der Waals surface area contributed by atoms with Gasteiger partial charge in [-0.05, 0) is 32.2 Å². The summed E-state index contributed by atoms with van der Waals surface area (Å²) in [6.45, 7) is 3.30. The number of hydrogen-bond donors (Lipinski definition) is 7. The van der Waals surface area contributed by atoms with Gasteiger partial charge in [0.05, 0.1) is 19.7 Å². The highest BCUT2D eigenvalue weighted by Crippen LogP contribution is 2.08. The Morgan fingerprint density at radius 2 is 1.36 bits per heavy atom. The Kier molecular flexibility index (Phi) is 23.5. The zero-order valence-electron chi connectivity index (χ0n) is 25.3. The maximum Gasteiger partial charge on any atom is 0.326 e. The molecule has 14 nitrogen and oxygen atoms in total. The van der Waals surface area contributed by atoms with Gasteiger partial charge in [0.1, 0.15) is 6.04 Å². The van der Waals surface area contributed by atoms with Gasteiger partial charge in [-0.1, -0.05) is 45.4 Å². The predicted molar refractivity (Wildman–Crippen MR) is 157 cm³/mol. The van der Waals surface area contributed by atoms with Gasteiger partial charge in [-0.3, -0.25) is 24.0 Å². The molecular weight excluding hydrogens is 548 g/mol. The molecule has 4 amide bonds. The summed E-state index contributed by atoms with van der Waals surface area (Å²) in [5.74, 6) is -3.25. The number of hydrogen-bond acceptors (Lipinski definition) is 9. The Bertz CT molecular complexity index is 826. The second kappa shape index (κ2) is 25.5. The van der Waals surface area contributed by atoms with E-state index >= 15 is 0 Å². The number of carboxylic acids is 1. The zero-order valence-corrected chi connectivity index (χ0v) is 25.3. The molecule has 0 unspecified atom stereocenters. The van der Waals surface area contributed by atoms with Crippen molar-refractivity contribution in [2.45, 2.75) is 102 Å². The third-order valence-electron chi connectivity index (χ3n) is 6.42. The van der Waals surface area contributed by atoms with E-state index in [2.05, 4.69) is 38.2 Å². The topological polar surface area (TPSA) is 218 Å². The van der Waals surface area contributed by atoms with Gasteiger partial charge in [-0.15, -0.1) is 0 Å². The summed E-state index contributed by atoms with van der Waals surface area (Å²) in [5, 5.41) is 22.5. The van der Waals surface area contributed by atoms with Crippen LogP contribution >= 0.6 is 0 Å². The maximum absolute atomic E-state index is 12.1. The molecule has 0 rings (SSSR count). The normalized spacial score (nSPS) is 12.1. The van der Waals surface area contributed by atoms with E-state index in [-0.39, 0.29) is 44.7 Å². The average molecular weight is 601 g/mol. The third-order valence-corrected chi connectivity index (χ3v) is 6.42. The number of ether oxygens (including phenoxy) is 1. The first-order chi connectivity index (χ1) is 20.1. The number of carbonyl (C=O) groups is 6. The van der Waals surface area contributed by atoms with Crippen molar-refractivity contribution in [3.63, 3.8) is 0 Å². The van der Waals surface area contributed by atoms with Crippen molar-refractivity contribution in [3.05, 3.63) is 0 Å². The van der Waals surface area contributed by atoms with Crippen LogP contribution in [0.2, 0.25) is 0 Å². The second-order valence-electron chi connectivity index (χ2n) is 10.1. The van der Waals surface area contributed by atoms with Gasteiger partial charge in [0.15, 0.2) is 0 Å². The number of nitrogens with two attached hydrogens (primary N) is 1. The van der Waals surface area contributed by atoms with E-state index in [4.69, 9.17) is 5.73 Å². The number of esters is 1. The smallest absolute Gasteiger partial charge is 0.326 e. The van der Waals surface area contributed by atoms with Crippen molar-refractivity contribution in [1.82, 2.24) is 26.6 Å². The molecule has 242 valence electrons. The van der Waals surface area contributed by atoms with Gasteiger partial charge >= 0.3 is 11.9 Å². The molecule has 0 bridgehead atoms. The third kappa shape index (κ3) is 22.4. The lowest BCUT2D eigenvalue weighted by Gasteiger charge is -2.15. The van der Waals surface area contributed by atoms with E-state index in [0.717, 1.165) is 12.8 Å². The molecule has 0 fully saturated rings. The number of carbonyl (C=O) groups excluding carboxylic acids is 5. The molecule has 42 heavy (non-hydrogen) atoms. The summed E-state index contributed by atoms with van der Waals surface area (Å²) in [6, 6.07) is -2.05. The largest absolute Gasteiger partial charge is 0.480 e. The molecule has 0 aromatic heterocycles. The van der Waals surface area contributed by atoms with Crippen molar-refractivity contribution in [3.8, 4) is 0 Å². The van der Waals surface area contributed by atoms with Crippen molar-refractivity contribution < 1.29 is 38.6 Å². The molecule has 0 spiro atoms. The summed E-state index contributed by atoms with van der Waals surface area (Å²) >= 11 is 0. The van der Waals surface area contributed by atoms with Gasteiger partial charge in [-0.25, -0.2) is 4.79 Å². The van der Waals surface area contributed by atoms with E-state index < -0.39 is 41.7 Å². The molecule has 0 aliphatic heterocycles. The summed E-state index contributed by atoms with van der Waals surface area (Å²) in [7, 11) is 1.24. The maximum atomic E-state index is 12.1. The summed E-state index contributed by atoms with van der Waals surface area (Å²) in [5.41, 5.74) is 5.87. The number of methoxy groups -OCH3 is 1. The van der Waals surface area contributed by atoms with Crippen LogP contribution in [-0.4, -0.2) is 92.6 Å². The van der Waals surface area contributed by atoms with E-state index in [1.807, 2.05) is 0 Å². The highest BCUT2D eigenvalue weighted by molar-refractivity contribution is 5.87. The van der Waals surface area contributed by atoms with Crippen molar-refractivity contribution >= 4 is 35.6 Å². The molecular formula is C28H52N6O8. The van der Waals surface area contributed by atoms with E-state index in [1.165, 1.54) is 39.2 Å². The molecule has 0 aliphatic rings. The van der Waals surface area contributed by atoms with Gasteiger partial charge in [0.2, 0.25) is 23.6 Å². The first-order valence-corrected chi connectivity index (χ1v) is 15.0. The molecule has 14 heteroatoms. The SMILES string of the molecule is CCCCCCCCCC(=O)NCCNCC[C@H](N)C(=O)NCC(=O)NCC[C@@H](NC(=O)CCCC(=O)OC)C(=O)O. The Hall–Kier alpha value is -3.26. The first kappa shape index (κ1) is 38.7. The Morgan fingerprint density at radius 1 is 0.714 bits per heavy atom. The van der Waals surface area contributed by atoms with Crippen LogP contribution in [0.3, 0.4) is 0 Å². The standard InChI is InChI=1S/C28H52N6O8/c1-3-4-5-6-7-8-9-11-23(35)32-19-18-30-16-14-21(29)27(39)33-20-25(37)31-17-15-22(28(40)41)34-24(36)12-10-13-26(38)42-2/h21-22,30H,3-20,29H2,1-2H3,(H,31,37)(H,32,35)(H,33,39)(H,34,36)(H,40,41)/t21-,22+/m0/s1. The lowest BCUT2D eigenvalue weighted by atomic mass is 10.1. The van der Waals surface area contributed by atoms with E-state index in [1.54, 1.807) is 0 Å². The van der Waals surface area contributed by atoms with Crippen molar-refractivity contribution in [2.75, 3.05) is 39.8 Å². The van der Waals surface area contributed by atoms with Crippen molar-refractivity contribution in [1.29, 1.82) is 0 Å². The molecule has 2 atom stereocenters. The fourth-order valence-electron chi connectivity index (χ4n) is 3.87. The minimum Gasteiger partial charge on any atom is -0.480 e. The highest BCUT2D eigenvalue weighted by Gasteiger charge is 2.20. The number of rotatable bonds is 26. The molecule has 0 aromatic carbocycles. The Labute approximate surface area is 249 Å². The molecule has 0 heterocycles. The van der Waals surface area contributed by atoms with Gasteiger partial charge < -0.3 is 42.2 Å². The van der Waals surface area contributed by atoms with Crippen LogP contribution in [0.1, 0.15) is 90.4 Å². The van der Waals surface area contributed by atoms with Gasteiger partial charge in [-0.2, -0.15) is 0 Å². The fourth-order valence-corrected chi connectivity index (χ4v) is 3.87. The first-order valence-electron chi connectivity index (χ1n) is 15.0. The second-order valence-corrected chi connectivity index (χ2v) is 10.1. The van der Waals surface area contributed by atoms with Crippen LogP contribution in [0, 0.1) is 0 Å². The monoisotopic (exact) mass is 600 g/mol. The predicted octanol–water partition coefficient (Wildman–Crippen LogP) is 0.0855. The quantitative estimate of drug-likeness (QED) is 0.0524. The van der Waals surface area contributed by atoms with Crippen LogP contribution < -0.4 is 32.3 Å². The number of unbranched alkanes of at least 4 members (excludes halogenated alkanes) is 6. The molecule has 0 saturated heterocycles. The number of carboxylic acid groups (broad SMARTS) is 1. The average Bonchev–Trinajstić information content (AvgIpc) is 2.96. The molecule has 0 aromatic rings. The lowest BCUT2D eigenvalue weighted by Crippen LogP contribution is -2.47. The minimum atomic E-state index is -1.26. The Balaban J connectivity index is 3.93. The summed E-state index contributed by atoms with van der Waals surface area (Å²) in [6.07, 6.45) is 9.15. The number of nitrogens with one attached hydrogen (secondary N) is 5. The van der Waals surface area contributed by atoms with Crippen molar-refractivity contribution in [2.24, 2.45) is 5.73 Å². The molecule has 0 aliphatic carbocycles. The van der Waals surface area contributed by atoms with Crippen LogP contribution in [0.4, 0.5) is 0 Å². The molecule has 0 radical (unpaired) electrons. The number of aliphatic carboxylic acids is 1. The minimum absolute atomic E-state index is 0.0374. The number of amides is 4. The summed E-state index contributed by atoms with van der Waals surface area (Å²) < 4.78 is 4.48. The lowest BCUT2D eigenvalue weighted by molar-refractivity contribution is -0.143. The summed E-state index contributed by atoms with van der Waals surface area (Å²) in [4.78, 5) is 70.4. The van der Waals surface area contributed by atoms with Crippen LogP contribution in [0.15, 0.2) is 0 Å². The Morgan fingerprint density at radius 3 is 2.02 bits per heavy atom. The van der Waals surface area contributed by atoms with Crippen LogP contribution in [0.5, 0.6) is 0 Å². The molecule has 8 N–H and O–H groups in total. The zero-order chi connectivity index (χ0) is 31.6. The van der Waals surface area contributed by atoms with Gasteiger partial charge in [0, 0.05) is 38.9 Å². The van der Waals surface area contributed by atoms with Gasteiger partial charge in [0.25, 0.3) is 0 Å². The van der Waals surface area contributed by atoms with Crippen LogP contribution in [0.25, 0.3) is 0 Å². The highest BCUT2D eigenvalue weighted by atomic mass is 16.5. The van der Waals surface area contributed by atoms with E-state index in [9.17, 15) is 33.9 Å².